The van der Waals surface area contributed by atoms with Gasteiger partial charge in [-0.1, -0.05) is 24.3 Å². The number of nitrogens with zero attached hydrogens (tertiary/aromatic N) is 5. The summed E-state index contributed by atoms with van der Waals surface area (Å²) in [7, 11) is 1.98. The van der Waals surface area contributed by atoms with E-state index in [1.54, 1.807) is 6.20 Å². The van der Waals surface area contributed by atoms with Crippen LogP contribution in [0.2, 0.25) is 0 Å². The number of rotatable bonds is 7. The van der Waals surface area contributed by atoms with Crippen molar-refractivity contribution in [1.29, 1.82) is 0 Å². The second kappa shape index (κ2) is 12.9. The molecule has 1 amide bonds. The van der Waals surface area contributed by atoms with Crippen LogP contribution in [0.15, 0.2) is 67.0 Å². The number of hydrogen-bond acceptors (Lipinski definition) is 5. The van der Waals surface area contributed by atoms with Crippen molar-refractivity contribution in [2.24, 2.45) is 7.05 Å². The standard InChI is InChI=1S/C28H32N6O.2ClH/c1-21-23(20-26(32(21)2)24-10-3-4-12-29-24)28(35)31-14-7-15-33-16-18-34(19-17-33)25-11-5-8-22-9-6-13-30-27(22)25;;/h3-6,8-13,20H,7,14-19H2,1-2H3,(H,31,35);2*1H. The van der Waals surface area contributed by atoms with E-state index in [0.717, 1.165) is 61.7 Å². The molecule has 1 aliphatic heterocycles. The number of hydrogen-bond donors (Lipinski definition) is 1. The third-order valence-electron chi connectivity index (χ3n) is 6.97. The predicted octanol–water partition coefficient (Wildman–Crippen LogP) is 4.73. The molecule has 37 heavy (non-hydrogen) atoms. The smallest absolute Gasteiger partial charge is 0.253 e. The van der Waals surface area contributed by atoms with Gasteiger partial charge in [0, 0.05) is 63.2 Å². The molecule has 1 saturated heterocycles. The van der Waals surface area contributed by atoms with Crippen molar-refractivity contribution in [2.75, 3.05) is 44.2 Å². The van der Waals surface area contributed by atoms with E-state index < -0.39 is 0 Å². The van der Waals surface area contributed by atoms with Crippen molar-refractivity contribution in [3.8, 4) is 11.4 Å². The average Bonchev–Trinajstić information content (AvgIpc) is 3.21. The van der Waals surface area contributed by atoms with Crippen LogP contribution < -0.4 is 10.2 Å². The highest BCUT2D eigenvalue weighted by Crippen LogP contribution is 2.26. The Hall–Kier alpha value is -3.13. The number of pyridine rings is 2. The fraction of sp³-hybridized carbons (Fsp3) is 0.321. The number of benzene rings is 1. The zero-order chi connectivity index (χ0) is 24.2. The van der Waals surface area contributed by atoms with Gasteiger partial charge in [0.25, 0.3) is 5.91 Å². The summed E-state index contributed by atoms with van der Waals surface area (Å²) >= 11 is 0. The van der Waals surface area contributed by atoms with Crippen LogP contribution in [0.4, 0.5) is 5.69 Å². The molecule has 0 aliphatic carbocycles. The van der Waals surface area contributed by atoms with Gasteiger partial charge >= 0.3 is 0 Å². The van der Waals surface area contributed by atoms with Gasteiger partial charge in [0.2, 0.25) is 0 Å². The fourth-order valence-corrected chi connectivity index (χ4v) is 4.84. The largest absolute Gasteiger partial charge is 0.367 e. The van der Waals surface area contributed by atoms with Gasteiger partial charge in [0.05, 0.1) is 28.2 Å². The molecule has 4 aromatic rings. The third kappa shape index (κ3) is 6.24. The molecule has 0 atom stereocenters. The van der Waals surface area contributed by atoms with Crippen LogP contribution in [0.1, 0.15) is 22.5 Å². The molecule has 0 bridgehead atoms. The number of fused-ring (bicyclic) bond motifs is 1. The zero-order valence-electron chi connectivity index (χ0n) is 21.3. The Morgan fingerprint density at radius 3 is 2.46 bits per heavy atom. The molecule has 0 unspecified atom stereocenters. The van der Waals surface area contributed by atoms with Gasteiger partial charge in [-0.15, -0.1) is 24.8 Å². The lowest BCUT2D eigenvalue weighted by molar-refractivity contribution is 0.0950. The normalized spacial score (nSPS) is 13.6. The summed E-state index contributed by atoms with van der Waals surface area (Å²) in [5, 5.41) is 4.29. The highest BCUT2D eigenvalue weighted by Gasteiger charge is 2.20. The molecule has 0 radical (unpaired) electrons. The maximum atomic E-state index is 12.8. The van der Waals surface area contributed by atoms with Crippen LogP contribution in [-0.4, -0.2) is 64.6 Å². The van der Waals surface area contributed by atoms with Crippen LogP contribution >= 0.6 is 24.8 Å². The number of aromatic nitrogens is 3. The van der Waals surface area contributed by atoms with Gasteiger partial charge in [0.1, 0.15) is 0 Å². The quantitative estimate of drug-likeness (QED) is 0.343. The summed E-state index contributed by atoms with van der Waals surface area (Å²) in [6.45, 7) is 7.63. The van der Waals surface area contributed by atoms with Crippen LogP contribution in [-0.2, 0) is 7.05 Å². The first-order valence-electron chi connectivity index (χ1n) is 12.3. The lowest BCUT2D eigenvalue weighted by atomic mass is 10.1. The summed E-state index contributed by atoms with van der Waals surface area (Å²) in [5.41, 5.74) is 5.78. The average molecular weight is 542 g/mol. The maximum Gasteiger partial charge on any atom is 0.253 e. The number of anilines is 1. The first-order valence-corrected chi connectivity index (χ1v) is 12.3. The van der Waals surface area contributed by atoms with Gasteiger partial charge in [0.15, 0.2) is 0 Å². The first kappa shape index (κ1) is 28.4. The topological polar surface area (TPSA) is 66.3 Å². The molecule has 0 spiro atoms. The molecule has 3 aromatic heterocycles. The molecule has 1 aromatic carbocycles. The van der Waals surface area contributed by atoms with E-state index in [1.165, 1.54) is 11.1 Å². The molecule has 7 nitrogen and oxygen atoms in total. The number of amides is 1. The summed E-state index contributed by atoms with van der Waals surface area (Å²) in [6.07, 6.45) is 4.57. The Kier molecular flexibility index (Phi) is 9.92. The minimum atomic E-state index is -0.0199. The summed E-state index contributed by atoms with van der Waals surface area (Å²) in [5.74, 6) is -0.0199. The summed E-state index contributed by atoms with van der Waals surface area (Å²) < 4.78 is 2.03. The lowest BCUT2D eigenvalue weighted by Gasteiger charge is -2.36. The van der Waals surface area contributed by atoms with Crippen molar-refractivity contribution in [3.63, 3.8) is 0 Å². The van der Waals surface area contributed by atoms with Crippen molar-refractivity contribution in [3.05, 3.63) is 78.2 Å². The number of nitrogens with one attached hydrogen (secondary N) is 1. The van der Waals surface area contributed by atoms with Gasteiger partial charge in [-0.2, -0.15) is 0 Å². The van der Waals surface area contributed by atoms with Crippen molar-refractivity contribution in [1.82, 2.24) is 24.8 Å². The fourth-order valence-electron chi connectivity index (χ4n) is 4.84. The van der Waals surface area contributed by atoms with Crippen LogP contribution in [0.25, 0.3) is 22.3 Å². The number of piperazine rings is 1. The van der Waals surface area contributed by atoms with E-state index in [2.05, 4.69) is 49.4 Å². The van der Waals surface area contributed by atoms with E-state index in [4.69, 9.17) is 0 Å². The number of para-hydroxylation sites is 1. The zero-order valence-corrected chi connectivity index (χ0v) is 22.9. The highest BCUT2D eigenvalue weighted by molar-refractivity contribution is 5.96. The van der Waals surface area contributed by atoms with Gasteiger partial charge in [-0.25, -0.2) is 0 Å². The lowest BCUT2D eigenvalue weighted by Crippen LogP contribution is -2.47. The number of carbonyl (C=O) groups is 1. The Morgan fingerprint density at radius 2 is 1.70 bits per heavy atom. The third-order valence-corrected chi connectivity index (χ3v) is 6.97. The molecule has 0 saturated carbocycles. The van der Waals surface area contributed by atoms with Crippen molar-refractivity contribution < 1.29 is 4.79 Å². The molecule has 4 heterocycles. The van der Waals surface area contributed by atoms with Crippen LogP contribution in [0.5, 0.6) is 0 Å². The Labute approximate surface area is 230 Å². The Morgan fingerprint density at radius 1 is 0.946 bits per heavy atom. The van der Waals surface area contributed by atoms with Crippen LogP contribution in [0, 0.1) is 6.92 Å². The molecular weight excluding hydrogens is 507 g/mol. The summed E-state index contributed by atoms with van der Waals surface area (Å²) in [6, 6.07) is 18.3. The van der Waals surface area contributed by atoms with E-state index >= 15 is 0 Å². The van der Waals surface area contributed by atoms with E-state index in [-0.39, 0.29) is 30.7 Å². The molecule has 1 aliphatic rings. The summed E-state index contributed by atoms with van der Waals surface area (Å²) in [4.78, 5) is 26.8. The van der Waals surface area contributed by atoms with E-state index in [1.807, 2.05) is 55.1 Å². The molecule has 5 rings (SSSR count). The number of carbonyl (C=O) groups excluding carboxylic acids is 1. The highest BCUT2D eigenvalue weighted by atomic mass is 35.5. The predicted molar refractivity (Wildman–Crippen MR) is 155 cm³/mol. The molecular formula is C28H34Cl2N6O. The SMILES string of the molecule is Cc1c(C(=O)NCCCN2CCN(c3cccc4cccnc34)CC2)cc(-c2ccccn2)n1C.Cl.Cl. The van der Waals surface area contributed by atoms with Crippen LogP contribution in [0.3, 0.4) is 0 Å². The monoisotopic (exact) mass is 540 g/mol. The minimum absolute atomic E-state index is 0. The maximum absolute atomic E-state index is 12.8. The molecule has 9 heteroatoms. The molecule has 1 fully saturated rings. The minimum Gasteiger partial charge on any atom is -0.367 e. The number of halogens is 2. The first-order chi connectivity index (χ1) is 17.1. The Bertz CT molecular complexity index is 1310. The van der Waals surface area contributed by atoms with Gasteiger partial charge in [-0.3, -0.25) is 19.7 Å². The van der Waals surface area contributed by atoms with E-state index in [9.17, 15) is 4.79 Å². The molecule has 1 N–H and O–H groups in total. The van der Waals surface area contributed by atoms with Gasteiger partial charge < -0.3 is 14.8 Å². The molecule has 196 valence electrons. The Balaban J connectivity index is 0.00000190. The van der Waals surface area contributed by atoms with E-state index in [0.29, 0.717) is 12.1 Å². The second-order valence-electron chi connectivity index (χ2n) is 9.09. The van der Waals surface area contributed by atoms with Crippen molar-refractivity contribution >= 4 is 47.3 Å². The van der Waals surface area contributed by atoms with Crippen molar-refractivity contribution in [2.45, 2.75) is 13.3 Å². The van der Waals surface area contributed by atoms with Gasteiger partial charge in [-0.05, 0) is 50.2 Å². The second-order valence-corrected chi connectivity index (χ2v) is 9.09.